The van der Waals surface area contributed by atoms with Crippen LogP contribution in [0.4, 0.5) is 14.5 Å². The number of pyridine rings is 1. The number of aryl methyl sites for hydroxylation is 1. The van der Waals surface area contributed by atoms with Crippen LogP contribution in [0.3, 0.4) is 0 Å². The summed E-state index contributed by atoms with van der Waals surface area (Å²) in [6.07, 6.45) is -1.38. The third kappa shape index (κ3) is 6.13. The van der Waals surface area contributed by atoms with Crippen LogP contribution >= 0.6 is 23.2 Å². The summed E-state index contributed by atoms with van der Waals surface area (Å²) in [5, 5.41) is 6.38. The van der Waals surface area contributed by atoms with Crippen molar-refractivity contribution in [3.63, 3.8) is 0 Å². The van der Waals surface area contributed by atoms with Crippen LogP contribution in [-0.2, 0) is 10.0 Å². The quantitative estimate of drug-likeness (QED) is 0.428. The third-order valence-electron chi connectivity index (χ3n) is 4.63. The van der Waals surface area contributed by atoms with Gasteiger partial charge in [-0.15, -0.1) is 0 Å². The number of nitrogens with one attached hydrogen (secondary N) is 2. The van der Waals surface area contributed by atoms with E-state index >= 15 is 0 Å². The molecule has 35 heavy (non-hydrogen) atoms. The van der Waals surface area contributed by atoms with E-state index in [1.165, 1.54) is 37.4 Å². The third-order valence-corrected chi connectivity index (χ3v) is 6.58. The maximum absolute atomic E-state index is 13.4. The fourth-order valence-corrected chi connectivity index (χ4v) is 4.65. The molecule has 0 saturated heterocycles. The molecule has 0 aliphatic heterocycles. The molecule has 0 aliphatic carbocycles. The number of sulfonamides is 1. The number of alkyl halides is 2. The van der Waals surface area contributed by atoms with Gasteiger partial charge in [-0.05, 0) is 49.2 Å². The Labute approximate surface area is 209 Å². The van der Waals surface area contributed by atoms with Gasteiger partial charge in [0.25, 0.3) is 18.2 Å². The summed E-state index contributed by atoms with van der Waals surface area (Å²) in [6.45, 7) is 3.15. The highest BCUT2D eigenvalue weighted by Gasteiger charge is 2.26. The number of amides is 2. The number of carbonyl (C=O) groups is 2. The lowest BCUT2D eigenvalue weighted by Crippen LogP contribution is -2.33. The van der Waals surface area contributed by atoms with Gasteiger partial charge in [0, 0.05) is 11.2 Å². The van der Waals surface area contributed by atoms with Crippen LogP contribution in [-0.4, -0.2) is 40.7 Å². The zero-order chi connectivity index (χ0) is 25.9. The highest BCUT2D eigenvalue weighted by molar-refractivity contribution is 7.90. The second-order valence-electron chi connectivity index (χ2n) is 7.33. The van der Waals surface area contributed by atoms with Gasteiger partial charge in [0.15, 0.2) is 5.82 Å². The van der Waals surface area contributed by atoms with Crippen LogP contribution in [0, 0.1) is 6.92 Å². The Bertz CT molecular complexity index is 1400. The molecule has 9 nitrogen and oxygen atoms in total. The first-order chi connectivity index (χ1) is 16.4. The second kappa shape index (κ2) is 10.7. The molecule has 3 rings (SSSR count). The van der Waals surface area contributed by atoms with Gasteiger partial charge in [-0.1, -0.05) is 30.1 Å². The maximum atomic E-state index is 13.4. The van der Waals surface area contributed by atoms with Crippen molar-refractivity contribution in [2.45, 2.75) is 26.7 Å². The molecule has 0 aliphatic rings. The molecule has 0 spiro atoms. The number of carbonyl (C=O) groups excluding carboxylic acids is 2. The summed E-state index contributed by atoms with van der Waals surface area (Å²) < 4.78 is 53.7. The van der Waals surface area contributed by atoms with Gasteiger partial charge < -0.3 is 5.32 Å². The molecule has 0 unspecified atom stereocenters. The minimum absolute atomic E-state index is 0.0503. The zero-order valence-corrected chi connectivity index (χ0v) is 20.7. The SMILES string of the molecule is CCCS(=O)(=O)NC(=O)c1cc(Cl)cc(C)c1NC(=O)c1cc(C(F)F)nn1-c1ncccc1Cl. The number of aromatic nitrogens is 3. The van der Waals surface area contributed by atoms with E-state index in [0.717, 1.165) is 10.7 Å². The predicted octanol–water partition coefficient (Wildman–Crippen LogP) is 4.54. The van der Waals surface area contributed by atoms with Gasteiger partial charge in [-0.2, -0.15) is 5.10 Å². The van der Waals surface area contributed by atoms with Crippen molar-refractivity contribution in [2.24, 2.45) is 0 Å². The molecule has 2 heterocycles. The summed E-state index contributed by atoms with van der Waals surface area (Å²) in [5.74, 6) is -2.31. The Morgan fingerprint density at radius 2 is 1.89 bits per heavy atom. The highest BCUT2D eigenvalue weighted by Crippen LogP contribution is 2.28. The Morgan fingerprint density at radius 1 is 1.17 bits per heavy atom. The first-order valence-corrected chi connectivity index (χ1v) is 12.5. The Hall–Kier alpha value is -3.09. The molecule has 0 fully saturated rings. The monoisotopic (exact) mass is 545 g/mol. The van der Waals surface area contributed by atoms with Crippen LogP contribution in [0.2, 0.25) is 10.0 Å². The lowest BCUT2D eigenvalue weighted by Gasteiger charge is -2.15. The van der Waals surface area contributed by atoms with Gasteiger partial charge in [0.2, 0.25) is 10.0 Å². The van der Waals surface area contributed by atoms with E-state index in [0.29, 0.717) is 5.56 Å². The second-order valence-corrected chi connectivity index (χ2v) is 10.0. The standard InChI is InChI=1S/C21H19Cl2F2N5O4S/c1-3-7-35(33,34)29-20(31)13-9-12(22)8-11(2)17(13)27-21(32)16-10-15(18(24)25)28-30(16)19-14(23)5-4-6-26-19/h4-6,8-10,18H,3,7H2,1-2H3,(H,27,32)(H,29,31). The maximum Gasteiger partial charge on any atom is 0.282 e. The van der Waals surface area contributed by atoms with Gasteiger partial charge >= 0.3 is 0 Å². The van der Waals surface area contributed by atoms with Crippen LogP contribution < -0.4 is 10.0 Å². The molecule has 0 radical (unpaired) electrons. The number of rotatable bonds is 8. The first kappa shape index (κ1) is 26.5. The van der Waals surface area contributed by atoms with Crippen molar-refractivity contribution in [3.05, 3.63) is 69.1 Å². The van der Waals surface area contributed by atoms with Crippen molar-refractivity contribution in [2.75, 3.05) is 11.1 Å². The van der Waals surface area contributed by atoms with Crippen molar-refractivity contribution >= 4 is 50.7 Å². The smallest absolute Gasteiger partial charge is 0.282 e. The molecule has 14 heteroatoms. The number of anilines is 1. The van der Waals surface area contributed by atoms with Gasteiger partial charge in [-0.25, -0.2) is 31.6 Å². The molecule has 186 valence electrons. The number of nitrogens with zero attached hydrogens (tertiary/aromatic N) is 3. The molecule has 0 atom stereocenters. The molecular formula is C21H19Cl2F2N5O4S. The molecule has 2 aromatic heterocycles. The van der Waals surface area contributed by atoms with E-state index in [2.05, 4.69) is 15.4 Å². The molecular weight excluding hydrogens is 527 g/mol. The Morgan fingerprint density at radius 3 is 2.51 bits per heavy atom. The topological polar surface area (TPSA) is 123 Å². The predicted molar refractivity (Wildman–Crippen MR) is 127 cm³/mol. The Balaban J connectivity index is 2.05. The van der Waals surface area contributed by atoms with Gasteiger partial charge in [0.1, 0.15) is 11.4 Å². The van der Waals surface area contributed by atoms with Gasteiger partial charge in [0.05, 0.1) is 22.0 Å². The van der Waals surface area contributed by atoms with E-state index in [-0.39, 0.29) is 45.0 Å². The summed E-state index contributed by atoms with van der Waals surface area (Å²) in [7, 11) is -3.93. The molecule has 0 bridgehead atoms. The molecule has 0 saturated carbocycles. The van der Waals surface area contributed by atoms with Crippen molar-refractivity contribution in [1.29, 1.82) is 0 Å². The largest absolute Gasteiger partial charge is 0.320 e. The van der Waals surface area contributed by atoms with E-state index in [1.54, 1.807) is 6.92 Å². The normalized spacial score (nSPS) is 11.5. The lowest BCUT2D eigenvalue weighted by molar-refractivity contribution is 0.0982. The van der Waals surface area contributed by atoms with Crippen molar-refractivity contribution in [3.8, 4) is 5.82 Å². The van der Waals surface area contributed by atoms with Crippen LogP contribution in [0.5, 0.6) is 0 Å². The number of hydrogen-bond donors (Lipinski definition) is 2. The highest BCUT2D eigenvalue weighted by atomic mass is 35.5. The molecule has 1 aromatic carbocycles. The Kier molecular flexibility index (Phi) is 8.08. The van der Waals surface area contributed by atoms with Crippen LogP contribution in [0.25, 0.3) is 5.82 Å². The lowest BCUT2D eigenvalue weighted by atomic mass is 10.1. The van der Waals surface area contributed by atoms with Gasteiger partial charge in [-0.3, -0.25) is 9.59 Å². The minimum Gasteiger partial charge on any atom is -0.320 e. The summed E-state index contributed by atoms with van der Waals surface area (Å²) in [6, 6.07) is 6.43. The minimum atomic E-state index is -3.93. The first-order valence-electron chi connectivity index (χ1n) is 10.1. The van der Waals surface area contributed by atoms with E-state index in [4.69, 9.17) is 23.2 Å². The fourth-order valence-electron chi connectivity index (χ4n) is 3.14. The zero-order valence-electron chi connectivity index (χ0n) is 18.4. The number of hydrogen-bond acceptors (Lipinski definition) is 6. The van der Waals surface area contributed by atoms with E-state index in [1.807, 2.05) is 4.72 Å². The molecule has 2 N–H and O–H groups in total. The summed E-state index contributed by atoms with van der Waals surface area (Å²) in [4.78, 5) is 29.9. The average molecular weight is 546 g/mol. The van der Waals surface area contributed by atoms with Crippen LogP contribution in [0.15, 0.2) is 36.5 Å². The molecule has 3 aromatic rings. The number of benzene rings is 1. The van der Waals surface area contributed by atoms with E-state index < -0.39 is 34.0 Å². The average Bonchev–Trinajstić information content (AvgIpc) is 3.21. The van der Waals surface area contributed by atoms with Crippen LogP contribution in [0.1, 0.15) is 51.9 Å². The van der Waals surface area contributed by atoms with E-state index in [9.17, 15) is 26.8 Å². The van der Waals surface area contributed by atoms with Crippen molar-refractivity contribution in [1.82, 2.24) is 19.5 Å². The van der Waals surface area contributed by atoms with Crippen molar-refractivity contribution < 1.29 is 26.8 Å². The molecule has 2 amide bonds. The summed E-state index contributed by atoms with van der Waals surface area (Å²) in [5.41, 5.74) is -1.03. The summed E-state index contributed by atoms with van der Waals surface area (Å²) >= 11 is 12.2. The number of halogens is 4. The fraction of sp³-hybridized carbons (Fsp3) is 0.238.